The van der Waals surface area contributed by atoms with E-state index < -0.39 is 0 Å². The van der Waals surface area contributed by atoms with Crippen molar-refractivity contribution in [3.63, 3.8) is 0 Å². The summed E-state index contributed by atoms with van der Waals surface area (Å²) in [4.78, 5) is 2.26. The molecule has 1 aromatic rings. The SMILES string of the molecule is CCC(CN)CN(C)c1cccc(Br)c1. The van der Waals surface area contributed by atoms with Gasteiger partial charge in [0.15, 0.2) is 0 Å². The second kappa shape index (κ2) is 6.13. The number of nitrogens with two attached hydrogens (primary N) is 1. The van der Waals surface area contributed by atoms with E-state index in [4.69, 9.17) is 5.73 Å². The number of anilines is 1. The third-order valence-electron chi connectivity index (χ3n) is 2.69. The third-order valence-corrected chi connectivity index (χ3v) is 3.18. The highest BCUT2D eigenvalue weighted by atomic mass is 79.9. The minimum Gasteiger partial charge on any atom is -0.374 e. The van der Waals surface area contributed by atoms with Gasteiger partial charge in [0.2, 0.25) is 0 Å². The van der Waals surface area contributed by atoms with Crippen LogP contribution in [0.2, 0.25) is 0 Å². The Labute approximate surface area is 101 Å². The molecule has 0 spiro atoms. The maximum absolute atomic E-state index is 5.70. The number of hydrogen-bond acceptors (Lipinski definition) is 2. The van der Waals surface area contributed by atoms with Crippen molar-refractivity contribution in [1.29, 1.82) is 0 Å². The number of rotatable bonds is 5. The van der Waals surface area contributed by atoms with Crippen molar-refractivity contribution in [2.24, 2.45) is 11.7 Å². The van der Waals surface area contributed by atoms with Crippen molar-refractivity contribution in [2.75, 3.05) is 25.0 Å². The molecule has 0 bridgehead atoms. The van der Waals surface area contributed by atoms with Gasteiger partial charge in [-0.15, -0.1) is 0 Å². The Kier molecular flexibility index (Phi) is 5.12. The maximum atomic E-state index is 5.70. The molecule has 1 atom stereocenters. The van der Waals surface area contributed by atoms with Gasteiger partial charge in [-0.05, 0) is 30.7 Å². The summed E-state index contributed by atoms with van der Waals surface area (Å²) in [6.07, 6.45) is 1.13. The largest absolute Gasteiger partial charge is 0.374 e. The average molecular weight is 271 g/mol. The topological polar surface area (TPSA) is 29.3 Å². The smallest absolute Gasteiger partial charge is 0.0375 e. The fourth-order valence-corrected chi connectivity index (χ4v) is 1.96. The molecule has 15 heavy (non-hydrogen) atoms. The standard InChI is InChI=1S/C12H19BrN2/c1-3-10(8-14)9-15(2)12-6-4-5-11(13)7-12/h4-7,10H,3,8-9,14H2,1-2H3. The molecule has 1 rings (SSSR count). The minimum atomic E-state index is 0.578. The molecular weight excluding hydrogens is 252 g/mol. The third kappa shape index (κ3) is 3.84. The Morgan fingerprint density at radius 2 is 2.20 bits per heavy atom. The van der Waals surface area contributed by atoms with Crippen molar-refractivity contribution >= 4 is 21.6 Å². The van der Waals surface area contributed by atoms with Crippen LogP contribution in [0.5, 0.6) is 0 Å². The Balaban J connectivity index is 2.64. The number of nitrogens with zero attached hydrogens (tertiary/aromatic N) is 1. The summed E-state index contributed by atoms with van der Waals surface area (Å²) in [5.74, 6) is 0.578. The van der Waals surface area contributed by atoms with E-state index in [1.54, 1.807) is 0 Å². The van der Waals surface area contributed by atoms with Crippen molar-refractivity contribution < 1.29 is 0 Å². The number of halogens is 1. The number of benzene rings is 1. The molecule has 0 saturated heterocycles. The molecule has 0 amide bonds. The first kappa shape index (κ1) is 12.5. The van der Waals surface area contributed by atoms with Crippen molar-refractivity contribution in [2.45, 2.75) is 13.3 Å². The Hall–Kier alpha value is -0.540. The van der Waals surface area contributed by atoms with E-state index in [-0.39, 0.29) is 0 Å². The Morgan fingerprint density at radius 3 is 2.73 bits per heavy atom. The quantitative estimate of drug-likeness (QED) is 0.892. The van der Waals surface area contributed by atoms with Gasteiger partial charge in [0.05, 0.1) is 0 Å². The lowest BCUT2D eigenvalue weighted by Gasteiger charge is -2.24. The van der Waals surface area contributed by atoms with E-state index in [0.717, 1.165) is 24.0 Å². The van der Waals surface area contributed by atoms with Gasteiger partial charge < -0.3 is 10.6 Å². The lowest BCUT2D eigenvalue weighted by Crippen LogP contribution is -2.29. The van der Waals surface area contributed by atoms with Crippen LogP contribution in [0.3, 0.4) is 0 Å². The lowest BCUT2D eigenvalue weighted by atomic mass is 10.1. The van der Waals surface area contributed by atoms with Crippen LogP contribution in [0.25, 0.3) is 0 Å². The molecule has 0 radical (unpaired) electrons. The van der Waals surface area contributed by atoms with Gasteiger partial charge in [0.1, 0.15) is 0 Å². The van der Waals surface area contributed by atoms with Gasteiger partial charge in [-0.1, -0.05) is 35.3 Å². The second-order valence-electron chi connectivity index (χ2n) is 3.87. The molecule has 0 saturated carbocycles. The predicted molar refractivity (Wildman–Crippen MR) is 70.2 cm³/mol. The molecular formula is C12H19BrN2. The summed E-state index contributed by atoms with van der Waals surface area (Å²) in [5.41, 5.74) is 6.94. The van der Waals surface area contributed by atoms with Crippen LogP contribution in [0.15, 0.2) is 28.7 Å². The fraction of sp³-hybridized carbons (Fsp3) is 0.500. The second-order valence-corrected chi connectivity index (χ2v) is 4.79. The van der Waals surface area contributed by atoms with Crippen LogP contribution in [-0.2, 0) is 0 Å². The van der Waals surface area contributed by atoms with Gasteiger partial charge in [0, 0.05) is 23.8 Å². The van der Waals surface area contributed by atoms with Crippen molar-refractivity contribution in [1.82, 2.24) is 0 Å². The van der Waals surface area contributed by atoms with Crippen LogP contribution in [-0.4, -0.2) is 20.1 Å². The zero-order valence-electron chi connectivity index (χ0n) is 9.41. The summed E-state index contributed by atoms with van der Waals surface area (Å²) < 4.78 is 1.12. The molecule has 2 nitrogen and oxygen atoms in total. The van der Waals surface area contributed by atoms with E-state index in [2.05, 4.69) is 53.0 Å². The monoisotopic (exact) mass is 270 g/mol. The van der Waals surface area contributed by atoms with E-state index in [1.807, 2.05) is 6.07 Å². The summed E-state index contributed by atoms with van der Waals surface area (Å²) in [7, 11) is 2.11. The molecule has 3 heteroatoms. The lowest BCUT2D eigenvalue weighted by molar-refractivity contribution is 0.521. The van der Waals surface area contributed by atoms with Gasteiger partial charge in [-0.25, -0.2) is 0 Å². The zero-order chi connectivity index (χ0) is 11.3. The Bertz CT molecular complexity index is 297. The van der Waals surface area contributed by atoms with Gasteiger partial charge >= 0.3 is 0 Å². The van der Waals surface area contributed by atoms with E-state index in [0.29, 0.717) is 5.92 Å². The normalized spacial score (nSPS) is 12.5. The first-order valence-corrected chi connectivity index (χ1v) is 6.13. The predicted octanol–water partition coefficient (Wildman–Crippen LogP) is 2.87. The van der Waals surface area contributed by atoms with E-state index in [9.17, 15) is 0 Å². The number of hydrogen-bond donors (Lipinski definition) is 1. The molecule has 0 heterocycles. The van der Waals surface area contributed by atoms with E-state index >= 15 is 0 Å². The highest BCUT2D eigenvalue weighted by Gasteiger charge is 2.08. The van der Waals surface area contributed by atoms with Crippen molar-refractivity contribution in [3.05, 3.63) is 28.7 Å². The minimum absolute atomic E-state index is 0.578. The highest BCUT2D eigenvalue weighted by Crippen LogP contribution is 2.19. The summed E-state index contributed by atoms with van der Waals surface area (Å²) in [5, 5.41) is 0. The van der Waals surface area contributed by atoms with Crippen LogP contribution < -0.4 is 10.6 Å². The summed E-state index contributed by atoms with van der Waals surface area (Å²) >= 11 is 3.48. The molecule has 0 aliphatic heterocycles. The molecule has 0 aliphatic carbocycles. The van der Waals surface area contributed by atoms with Crippen LogP contribution >= 0.6 is 15.9 Å². The molecule has 0 aromatic heterocycles. The van der Waals surface area contributed by atoms with Gasteiger partial charge in [0.25, 0.3) is 0 Å². The summed E-state index contributed by atoms with van der Waals surface area (Å²) in [6, 6.07) is 8.34. The molecule has 0 aliphatic rings. The molecule has 0 fully saturated rings. The zero-order valence-corrected chi connectivity index (χ0v) is 11.0. The highest BCUT2D eigenvalue weighted by molar-refractivity contribution is 9.10. The fourth-order valence-electron chi connectivity index (χ4n) is 1.58. The first-order chi connectivity index (χ1) is 7.17. The van der Waals surface area contributed by atoms with Crippen molar-refractivity contribution in [3.8, 4) is 0 Å². The molecule has 1 unspecified atom stereocenters. The molecule has 1 aromatic carbocycles. The molecule has 2 N–H and O–H groups in total. The van der Waals surface area contributed by atoms with E-state index in [1.165, 1.54) is 5.69 Å². The Morgan fingerprint density at radius 1 is 1.47 bits per heavy atom. The van der Waals surface area contributed by atoms with Crippen LogP contribution in [0.1, 0.15) is 13.3 Å². The molecule has 84 valence electrons. The average Bonchev–Trinajstić information content (AvgIpc) is 2.25. The van der Waals surface area contributed by atoms with Crippen LogP contribution in [0.4, 0.5) is 5.69 Å². The first-order valence-electron chi connectivity index (χ1n) is 5.34. The van der Waals surface area contributed by atoms with Gasteiger partial charge in [-0.3, -0.25) is 0 Å². The summed E-state index contributed by atoms with van der Waals surface area (Å²) in [6.45, 7) is 3.96. The van der Waals surface area contributed by atoms with Gasteiger partial charge in [-0.2, -0.15) is 0 Å². The van der Waals surface area contributed by atoms with Crippen LogP contribution in [0, 0.1) is 5.92 Å². The maximum Gasteiger partial charge on any atom is 0.0375 e.